The maximum atomic E-state index is 8.82. The third-order valence-electron chi connectivity index (χ3n) is 1.01. The molecule has 0 saturated carbocycles. The zero-order chi connectivity index (χ0) is 6.85. The number of phenols is 2. The Morgan fingerprint density at radius 3 is 2.20 bits per heavy atom. The van der Waals surface area contributed by atoms with E-state index in [-0.39, 0.29) is 22.7 Å². The summed E-state index contributed by atoms with van der Waals surface area (Å²) in [6, 6.07) is 4.04. The molecular formula is C6H9NO3. The quantitative estimate of drug-likeness (QED) is 0.267. The number of aromatic hydroxyl groups is 2. The molecule has 1 aromatic carbocycles. The molecule has 0 spiro atoms. The molecule has 0 bridgehead atoms. The van der Waals surface area contributed by atoms with Crippen LogP contribution in [0.1, 0.15) is 0 Å². The molecule has 0 radical (unpaired) electrons. The molecule has 56 valence electrons. The van der Waals surface area contributed by atoms with Gasteiger partial charge in [0.15, 0.2) is 0 Å². The first-order chi connectivity index (χ1) is 4.20. The molecule has 0 atom stereocenters. The van der Waals surface area contributed by atoms with Crippen molar-refractivity contribution in [2.24, 2.45) is 0 Å². The van der Waals surface area contributed by atoms with Gasteiger partial charge in [-0.3, -0.25) is 0 Å². The van der Waals surface area contributed by atoms with Gasteiger partial charge in [0.05, 0.1) is 5.69 Å². The van der Waals surface area contributed by atoms with E-state index in [1.807, 2.05) is 0 Å². The lowest BCUT2D eigenvalue weighted by molar-refractivity contribution is 0.452. The molecule has 1 aromatic rings. The second kappa shape index (κ2) is 2.93. The third kappa shape index (κ3) is 1.53. The number of hydrogen-bond acceptors (Lipinski definition) is 3. The number of nitrogens with two attached hydrogens (primary N) is 1. The Balaban J connectivity index is 0.000000810. The highest BCUT2D eigenvalue weighted by atomic mass is 16.3. The van der Waals surface area contributed by atoms with Crippen molar-refractivity contribution < 1.29 is 15.7 Å². The van der Waals surface area contributed by atoms with Crippen LogP contribution in [0.2, 0.25) is 0 Å². The van der Waals surface area contributed by atoms with Gasteiger partial charge in [-0.05, 0) is 12.1 Å². The van der Waals surface area contributed by atoms with Crippen LogP contribution in [0.4, 0.5) is 5.69 Å². The van der Waals surface area contributed by atoms with Gasteiger partial charge in [-0.25, -0.2) is 0 Å². The summed E-state index contributed by atoms with van der Waals surface area (Å²) in [4.78, 5) is 0. The van der Waals surface area contributed by atoms with Gasteiger partial charge in [0.2, 0.25) is 0 Å². The predicted octanol–water partition coefficient (Wildman–Crippen LogP) is -0.145. The van der Waals surface area contributed by atoms with Crippen LogP contribution < -0.4 is 5.73 Å². The molecular weight excluding hydrogens is 134 g/mol. The number of nitrogen functional groups attached to an aromatic ring is 1. The van der Waals surface area contributed by atoms with E-state index in [2.05, 4.69) is 0 Å². The Labute approximate surface area is 57.8 Å². The minimum Gasteiger partial charge on any atom is -0.508 e. The fourth-order valence-electron chi connectivity index (χ4n) is 0.532. The van der Waals surface area contributed by atoms with Gasteiger partial charge in [0.25, 0.3) is 0 Å². The lowest BCUT2D eigenvalue weighted by Gasteiger charge is -1.96. The molecule has 0 saturated heterocycles. The standard InChI is InChI=1S/C6H7NO2.H2O/c7-5-2-1-4(8)3-6(5)9;/h1-3,8-9H,7H2;1H2. The van der Waals surface area contributed by atoms with Crippen molar-refractivity contribution in [2.45, 2.75) is 0 Å². The third-order valence-corrected chi connectivity index (χ3v) is 1.01. The normalized spacial score (nSPS) is 8.40. The van der Waals surface area contributed by atoms with Gasteiger partial charge in [-0.1, -0.05) is 0 Å². The average molecular weight is 143 g/mol. The Hall–Kier alpha value is -1.42. The second-order valence-electron chi connectivity index (χ2n) is 1.74. The summed E-state index contributed by atoms with van der Waals surface area (Å²) in [6.07, 6.45) is 0. The average Bonchev–Trinajstić information content (AvgIpc) is 1.80. The largest absolute Gasteiger partial charge is 0.508 e. The van der Waals surface area contributed by atoms with Crippen molar-refractivity contribution in [3.63, 3.8) is 0 Å². The molecule has 0 aliphatic carbocycles. The second-order valence-corrected chi connectivity index (χ2v) is 1.74. The molecule has 6 N–H and O–H groups in total. The van der Waals surface area contributed by atoms with Gasteiger partial charge in [-0.15, -0.1) is 0 Å². The summed E-state index contributed by atoms with van der Waals surface area (Å²) >= 11 is 0. The number of anilines is 1. The van der Waals surface area contributed by atoms with Crippen molar-refractivity contribution >= 4 is 5.69 Å². The van der Waals surface area contributed by atoms with Crippen LogP contribution >= 0.6 is 0 Å². The SMILES string of the molecule is Nc1ccc(O)cc1O.O. The highest BCUT2D eigenvalue weighted by Crippen LogP contribution is 2.23. The van der Waals surface area contributed by atoms with Gasteiger partial charge < -0.3 is 21.4 Å². The van der Waals surface area contributed by atoms with E-state index in [0.29, 0.717) is 0 Å². The summed E-state index contributed by atoms with van der Waals surface area (Å²) in [5.74, 6) is -0.0725. The molecule has 0 aromatic heterocycles. The van der Waals surface area contributed by atoms with Crippen molar-refractivity contribution in [1.29, 1.82) is 0 Å². The first-order valence-corrected chi connectivity index (χ1v) is 2.47. The van der Waals surface area contributed by atoms with E-state index in [1.165, 1.54) is 18.2 Å². The molecule has 0 aliphatic rings. The number of rotatable bonds is 0. The van der Waals surface area contributed by atoms with Gasteiger partial charge in [0, 0.05) is 6.07 Å². The Kier molecular flexibility index (Phi) is 2.52. The van der Waals surface area contributed by atoms with E-state index >= 15 is 0 Å². The molecule has 0 unspecified atom stereocenters. The van der Waals surface area contributed by atoms with Crippen molar-refractivity contribution in [1.82, 2.24) is 0 Å². The van der Waals surface area contributed by atoms with E-state index in [4.69, 9.17) is 15.9 Å². The van der Waals surface area contributed by atoms with Crippen molar-refractivity contribution in [3.8, 4) is 11.5 Å². The Morgan fingerprint density at radius 1 is 1.20 bits per heavy atom. The molecule has 1 rings (SSSR count). The Bertz CT molecular complexity index is 224. The summed E-state index contributed by atoms with van der Waals surface area (Å²) in [7, 11) is 0. The maximum Gasteiger partial charge on any atom is 0.142 e. The smallest absolute Gasteiger partial charge is 0.142 e. The zero-order valence-corrected chi connectivity index (χ0v) is 5.20. The van der Waals surface area contributed by atoms with E-state index in [0.717, 1.165) is 0 Å². The predicted molar refractivity (Wildman–Crippen MR) is 37.8 cm³/mol. The van der Waals surface area contributed by atoms with Crippen molar-refractivity contribution in [2.75, 3.05) is 5.73 Å². The summed E-state index contributed by atoms with van der Waals surface area (Å²) in [5, 5.41) is 17.5. The number of benzene rings is 1. The van der Waals surface area contributed by atoms with Gasteiger partial charge in [-0.2, -0.15) is 0 Å². The molecule has 0 amide bonds. The molecule has 4 nitrogen and oxygen atoms in total. The van der Waals surface area contributed by atoms with Crippen molar-refractivity contribution in [3.05, 3.63) is 18.2 Å². The van der Waals surface area contributed by atoms with Crippen LogP contribution in [0.3, 0.4) is 0 Å². The summed E-state index contributed by atoms with van der Waals surface area (Å²) < 4.78 is 0. The first kappa shape index (κ1) is 8.58. The highest BCUT2D eigenvalue weighted by Gasteiger charge is 1.94. The zero-order valence-electron chi connectivity index (χ0n) is 5.20. The minimum absolute atomic E-state index is 0. The topological polar surface area (TPSA) is 98.0 Å². The number of hydrogen-bond donors (Lipinski definition) is 3. The van der Waals surface area contributed by atoms with Crippen LogP contribution in [-0.4, -0.2) is 15.7 Å². The fourth-order valence-corrected chi connectivity index (χ4v) is 0.532. The molecule has 0 heterocycles. The summed E-state index contributed by atoms with van der Waals surface area (Å²) in [5.41, 5.74) is 5.50. The van der Waals surface area contributed by atoms with E-state index in [1.54, 1.807) is 0 Å². The summed E-state index contributed by atoms with van der Waals surface area (Å²) in [6.45, 7) is 0. The van der Waals surface area contributed by atoms with E-state index in [9.17, 15) is 0 Å². The molecule has 0 aliphatic heterocycles. The van der Waals surface area contributed by atoms with Crippen LogP contribution in [0.5, 0.6) is 11.5 Å². The van der Waals surface area contributed by atoms with Crippen LogP contribution in [-0.2, 0) is 0 Å². The van der Waals surface area contributed by atoms with Crippen LogP contribution in [0, 0.1) is 0 Å². The molecule has 4 heteroatoms. The molecule has 10 heavy (non-hydrogen) atoms. The highest BCUT2D eigenvalue weighted by molar-refractivity contribution is 5.54. The monoisotopic (exact) mass is 143 g/mol. The van der Waals surface area contributed by atoms with Crippen LogP contribution in [0.25, 0.3) is 0 Å². The maximum absolute atomic E-state index is 8.82. The van der Waals surface area contributed by atoms with Crippen LogP contribution in [0.15, 0.2) is 18.2 Å². The fraction of sp³-hybridized carbons (Fsp3) is 0. The molecule has 0 fully saturated rings. The lowest BCUT2D eigenvalue weighted by Crippen LogP contribution is -1.82. The lowest BCUT2D eigenvalue weighted by atomic mass is 10.3. The first-order valence-electron chi connectivity index (χ1n) is 2.47. The van der Waals surface area contributed by atoms with Gasteiger partial charge >= 0.3 is 0 Å². The Morgan fingerprint density at radius 2 is 1.80 bits per heavy atom. The number of phenolic OH excluding ortho intramolecular Hbond substituents is 2. The minimum atomic E-state index is -0.0880. The van der Waals surface area contributed by atoms with E-state index < -0.39 is 0 Å². The van der Waals surface area contributed by atoms with Gasteiger partial charge in [0.1, 0.15) is 11.5 Å².